The second kappa shape index (κ2) is 6.79. The number of halogens is 1. The fraction of sp³-hybridized carbons (Fsp3) is 0.529. The molecule has 1 unspecified atom stereocenters. The van der Waals surface area contributed by atoms with Gasteiger partial charge in [-0.25, -0.2) is 9.59 Å². The third-order valence-electron chi connectivity index (χ3n) is 3.74. The van der Waals surface area contributed by atoms with Crippen LogP contribution in [0.1, 0.15) is 32.8 Å². The Kier molecular flexibility index (Phi) is 5.19. The highest BCUT2D eigenvalue weighted by Crippen LogP contribution is 2.28. The predicted octanol–water partition coefficient (Wildman–Crippen LogP) is 3.59. The summed E-state index contributed by atoms with van der Waals surface area (Å²) in [6.45, 7) is 5.68. The van der Waals surface area contributed by atoms with Gasteiger partial charge < -0.3 is 9.84 Å². The quantitative estimate of drug-likeness (QED) is 0.913. The van der Waals surface area contributed by atoms with E-state index in [2.05, 4.69) is 0 Å². The first-order chi connectivity index (χ1) is 10.7. The van der Waals surface area contributed by atoms with Crippen LogP contribution in [0.5, 0.6) is 0 Å². The molecule has 1 heterocycles. The first-order valence-electron chi connectivity index (χ1n) is 7.62. The third-order valence-corrected chi connectivity index (χ3v) is 3.99. The molecule has 23 heavy (non-hydrogen) atoms. The molecule has 6 heteroatoms. The van der Waals surface area contributed by atoms with Crippen LogP contribution in [0.3, 0.4) is 0 Å². The zero-order chi connectivity index (χ0) is 17.2. The number of likely N-dealkylation sites (tertiary alicyclic amines) is 1. The SMILES string of the molecule is CC(C)(C)OC(=O)N1CC(Cc2ccc(Cl)cc2)C[C@@H]1C(=O)O. The molecule has 1 N–H and O–H groups in total. The predicted molar refractivity (Wildman–Crippen MR) is 87.6 cm³/mol. The number of carboxylic acids is 1. The van der Waals surface area contributed by atoms with E-state index in [4.69, 9.17) is 16.3 Å². The highest BCUT2D eigenvalue weighted by Gasteiger charge is 2.41. The summed E-state index contributed by atoms with van der Waals surface area (Å²) in [7, 11) is 0. The maximum Gasteiger partial charge on any atom is 0.411 e. The molecule has 1 amide bonds. The number of nitrogens with zero attached hydrogens (tertiary/aromatic N) is 1. The molecule has 0 radical (unpaired) electrons. The van der Waals surface area contributed by atoms with E-state index < -0.39 is 23.7 Å². The zero-order valence-corrected chi connectivity index (χ0v) is 14.3. The molecule has 126 valence electrons. The van der Waals surface area contributed by atoms with Gasteiger partial charge in [-0.2, -0.15) is 0 Å². The fourth-order valence-electron chi connectivity index (χ4n) is 2.78. The Morgan fingerprint density at radius 1 is 1.30 bits per heavy atom. The molecule has 0 aromatic heterocycles. The molecule has 0 bridgehead atoms. The van der Waals surface area contributed by atoms with Gasteiger partial charge in [0.05, 0.1) is 0 Å². The van der Waals surface area contributed by atoms with Crippen molar-refractivity contribution in [2.24, 2.45) is 5.92 Å². The van der Waals surface area contributed by atoms with E-state index in [1.165, 1.54) is 4.90 Å². The second-order valence-corrected chi connectivity index (χ2v) is 7.36. The van der Waals surface area contributed by atoms with Gasteiger partial charge in [-0.1, -0.05) is 23.7 Å². The number of carbonyl (C=O) groups excluding carboxylic acids is 1. The number of carbonyl (C=O) groups is 2. The number of hydrogen-bond donors (Lipinski definition) is 1. The molecule has 2 atom stereocenters. The Morgan fingerprint density at radius 3 is 2.43 bits per heavy atom. The van der Waals surface area contributed by atoms with Crippen LogP contribution in [-0.2, 0) is 16.0 Å². The first-order valence-corrected chi connectivity index (χ1v) is 8.00. The Hall–Kier alpha value is -1.75. The molecule has 0 spiro atoms. The first kappa shape index (κ1) is 17.6. The Balaban J connectivity index is 2.06. The minimum atomic E-state index is -0.991. The van der Waals surface area contributed by atoms with Gasteiger partial charge in [-0.15, -0.1) is 0 Å². The van der Waals surface area contributed by atoms with Gasteiger partial charge in [0.2, 0.25) is 0 Å². The number of benzene rings is 1. The molecule has 1 fully saturated rings. The summed E-state index contributed by atoms with van der Waals surface area (Å²) < 4.78 is 5.32. The van der Waals surface area contributed by atoms with E-state index in [1.54, 1.807) is 20.8 Å². The second-order valence-electron chi connectivity index (χ2n) is 6.92. The smallest absolute Gasteiger partial charge is 0.411 e. The summed E-state index contributed by atoms with van der Waals surface area (Å²) in [5.74, 6) is -0.903. The number of hydrogen-bond acceptors (Lipinski definition) is 3. The average molecular weight is 340 g/mol. The number of ether oxygens (including phenoxy) is 1. The van der Waals surface area contributed by atoms with Crippen molar-refractivity contribution in [3.05, 3.63) is 34.9 Å². The van der Waals surface area contributed by atoms with E-state index in [0.29, 0.717) is 24.4 Å². The Morgan fingerprint density at radius 2 is 1.91 bits per heavy atom. The van der Waals surface area contributed by atoms with E-state index >= 15 is 0 Å². The van der Waals surface area contributed by atoms with Gasteiger partial charge in [-0.05, 0) is 57.2 Å². The lowest BCUT2D eigenvalue weighted by molar-refractivity contribution is -0.142. The van der Waals surface area contributed by atoms with E-state index in [9.17, 15) is 14.7 Å². The molecule has 0 aliphatic carbocycles. The molecule has 1 aliphatic heterocycles. The van der Waals surface area contributed by atoms with E-state index in [1.807, 2.05) is 24.3 Å². The summed E-state index contributed by atoms with van der Waals surface area (Å²) in [4.78, 5) is 25.0. The lowest BCUT2D eigenvalue weighted by atomic mass is 9.97. The molecule has 2 rings (SSSR count). The molecule has 1 aromatic carbocycles. The van der Waals surface area contributed by atoms with Crippen molar-refractivity contribution >= 4 is 23.7 Å². The van der Waals surface area contributed by atoms with Gasteiger partial charge >= 0.3 is 12.1 Å². The molecule has 0 saturated carbocycles. The van der Waals surface area contributed by atoms with Crippen LogP contribution < -0.4 is 0 Å². The van der Waals surface area contributed by atoms with Gasteiger partial charge in [-0.3, -0.25) is 4.90 Å². The van der Waals surface area contributed by atoms with E-state index in [0.717, 1.165) is 5.56 Å². The summed E-state index contributed by atoms with van der Waals surface area (Å²) in [5, 5.41) is 10.0. The number of rotatable bonds is 3. The fourth-order valence-corrected chi connectivity index (χ4v) is 2.91. The van der Waals surface area contributed by atoms with Crippen LogP contribution in [-0.4, -0.2) is 40.3 Å². The normalized spacial score (nSPS) is 21.3. The van der Waals surface area contributed by atoms with Crippen molar-refractivity contribution in [3.63, 3.8) is 0 Å². The van der Waals surface area contributed by atoms with Crippen molar-refractivity contribution in [1.29, 1.82) is 0 Å². The summed E-state index contributed by atoms with van der Waals surface area (Å²) in [5.41, 5.74) is 0.434. The van der Waals surface area contributed by atoms with Crippen molar-refractivity contribution in [3.8, 4) is 0 Å². The summed E-state index contributed by atoms with van der Waals surface area (Å²) in [6, 6.07) is 6.64. The van der Waals surface area contributed by atoms with Gasteiger partial charge in [0.25, 0.3) is 0 Å². The van der Waals surface area contributed by atoms with Gasteiger partial charge in [0, 0.05) is 11.6 Å². The highest BCUT2D eigenvalue weighted by molar-refractivity contribution is 6.30. The maximum atomic E-state index is 12.2. The van der Waals surface area contributed by atoms with Crippen molar-refractivity contribution in [1.82, 2.24) is 4.90 Å². The Labute approximate surface area is 141 Å². The minimum absolute atomic E-state index is 0.0878. The monoisotopic (exact) mass is 339 g/mol. The van der Waals surface area contributed by atoms with Crippen LogP contribution in [0.15, 0.2) is 24.3 Å². The Bertz CT molecular complexity index is 579. The summed E-state index contributed by atoms with van der Waals surface area (Å²) >= 11 is 5.87. The molecular weight excluding hydrogens is 318 g/mol. The zero-order valence-electron chi connectivity index (χ0n) is 13.6. The largest absolute Gasteiger partial charge is 0.480 e. The molecule has 1 aliphatic rings. The summed E-state index contributed by atoms with van der Waals surface area (Å²) in [6.07, 6.45) is 0.570. The van der Waals surface area contributed by atoms with Gasteiger partial charge in [0.15, 0.2) is 0 Å². The van der Waals surface area contributed by atoms with Crippen molar-refractivity contribution in [2.45, 2.75) is 45.3 Å². The van der Waals surface area contributed by atoms with Crippen LogP contribution in [0.25, 0.3) is 0 Å². The van der Waals surface area contributed by atoms with Crippen LogP contribution in [0.4, 0.5) is 4.79 Å². The minimum Gasteiger partial charge on any atom is -0.480 e. The van der Waals surface area contributed by atoms with Crippen molar-refractivity contribution in [2.75, 3.05) is 6.54 Å². The maximum absolute atomic E-state index is 12.2. The lowest BCUT2D eigenvalue weighted by Crippen LogP contribution is -2.43. The molecule has 1 aromatic rings. The topological polar surface area (TPSA) is 66.8 Å². The number of carboxylic acid groups (broad SMARTS) is 1. The van der Waals surface area contributed by atoms with Crippen LogP contribution in [0, 0.1) is 5.92 Å². The van der Waals surface area contributed by atoms with Gasteiger partial charge in [0.1, 0.15) is 11.6 Å². The van der Waals surface area contributed by atoms with Crippen molar-refractivity contribution < 1.29 is 19.4 Å². The molecule has 1 saturated heterocycles. The molecule has 5 nitrogen and oxygen atoms in total. The number of aliphatic carboxylic acids is 1. The highest BCUT2D eigenvalue weighted by atomic mass is 35.5. The van der Waals surface area contributed by atoms with Crippen LogP contribution in [0.2, 0.25) is 5.02 Å². The standard InChI is InChI=1S/C17H22ClNO4/c1-17(2,3)23-16(22)19-10-12(9-14(19)15(20)21)8-11-4-6-13(18)7-5-11/h4-7,12,14H,8-10H2,1-3H3,(H,20,21)/t12?,14-/m1/s1. The van der Waals surface area contributed by atoms with Crippen LogP contribution >= 0.6 is 11.6 Å². The lowest BCUT2D eigenvalue weighted by Gasteiger charge is -2.26. The number of amides is 1. The third kappa shape index (κ3) is 4.86. The molecular formula is C17H22ClNO4. The van der Waals surface area contributed by atoms with E-state index in [-0.39, 0.29) is 5.92 Å². The average Bonchev–Trinajstić information content (AvgIpc) is 2.84.